The van der Waals surface area contributed by atoms with Crippen molar-refractivity contribution in [3.63, 3.8) is 0 Å². The maximum atomic E-state index is 12.5. The van der Waals surface area contributed by atoms with Crippen molar-refractivity contribution in [1.29, 1.82) is 0 Å². The van der Waals surface area contributed by atoms with Crippen molar-refractivity contribution in [2.75, 3.05) is 20.2 Å². The van der Waals surface area contributed by atoms with Gasteiger partial charge in [0.1, 0.15) is 0 Å². The first-order valence-corrected chi connectivity index (χ1v) is 7.71. The van der Waals surface area contributed by atoms with E-state index in [1.54, 1.807) is 4.90 Å². The van der Waals surface area contributed by atoms with Crippen LogP contribution in [0.3, 0.4) is 0 Å². The molecule has 0 aromatic heterocycles. The lowest BCUT2D eigenvalue weighted by molar-refractivity contribution is -0.144. The second-order valence-corrected chi connectivity index (χ2v) is 5.70. The van der Waals surface area contributed by atoms with Crippen molar-refractivity contribution in [3.8, 4) is 11.1 Å². The molecule has 1 amide bonds. The normalized spacial score (nSPS) is 17.1. The summed E-state index contributed by atoms with van der Waals surface area (Å²) >= 11 is 0. The molecular formula is C19H19NO3. The number of esters is 1. The topological polar surface area (TPSA) is 46.6 Å². The number of methoxy groups -OCH3 is 1. The molecule has 4 nitrogen and oxygen atoms in total. The molecule has 1 aliphatic rings. The van der Waals surface area contributed by atoms with Gasteiger partial charge in [-0.05, 0) is 29.7 Å². The number of carbonyl (C=O) groups excluding carboxylic acids is 2. The minimum atomic E-state index is -0.236. The van der Waals surface area contributed by atoms with Gasteiger partial charge in [0, 0.05) is 18.7 Å². The summed E-state index contributed by atoms with van der Waals surface area (Å²) in [5.74, 6) is -0.469. The van der Waals surface area contributed by atoms with Gasteiger partial charge in [0.25, 0.3) is 5.91 Å². The molecule has 4 heteroatoms. The second kappa shape index (κ2) is 6.65. The predicted molar refractivity (Wildman–Crippen MR) is 87.9 cm³/mol. The van der Waals surface area contributed by atoms with E-state index in [2.05, 4.69) is 0 Å². The Morgan fingerprint density at radius 1 is 1.00 bits per heavy atom. The molecule has 0 spiro atoms. The third-order valence-corrected chi connectivity index (χ3v) is 4.25. The lowest BCUT2D eigenvalue weighted by Crippen LogP contribution is -2.30. The van der Waals surface area contributed by atoms with Crippen LogP contribution in [0.2, 0.25) is 0 Å². The van der Waals surface area contributed by atoms with E-state index in [0.717, 1.165) is 11.1 Å². The van der Waals surface area contributed by atoms with Gasteiger partial charge < -0.3 is 9.64 Å². The molecule has 23 heavy (non-hydrogen) atoms. The lowest BCUT2D eigenvalue weighted by atomic mass is 10.0. The molecule has 0 bridgehead atoms. The highest BCUT2D eigenvalue weighted by Gasteiger charge is 2.32. The molecule has 1 saturated heterocycles. The van der Waals surface area contributed by atoms with E-state index in [0.29, 0.717) is 25.1 Å². The molecule has 1 heterocycles. The van der Waals surface area contributed by atoms with E-state index in [9.17, 15) is 9.59 Å². The minimum Gasteiger partial charge on any atom is -0.469 e. The number of ether oxygens (including phenoxy) is 1. The van der Waals surface area contributed by atoms with Crippen molar-refractivity contribution in [2.24, 2.45) is 5.92 Å². The van der Waals surface area contributed by atoms with Gasteiger partial charge >= 0.3 is 5.97 Å². The Labute approximate surface area is 135 Å². The Hall–Kier alpha value is -2.62. The molecule has 3 rings (SSSR count). The van der Waals surface area contributed by atoms with E-state index >= 15 is 0 Å². The van der Waals surface area contributed by atoms with Crippen LogP contribution in [0.5, 0.6) is 0 Å². The summed E-state index contributed by atoms with van der Waals surface area (Å²) in [7, 11) is 1.38. The Balaban J connectivity index is 1.70. The summed E-state index contributed by atoms with van der Waals surface area (Å²) in [6.45, 7) is 1.03. The first-order chi connectivity index (χ1) is 11.2. The summed E-state index contributed by atoms with van der Waals surface area (Å²) in [5, 5.41) is 0. The van der Waals surface area contributed by atoms with E-state index in [4.69, 9.17) is 4.74 Å². The van der Waals surface area contributed by atoms with Crippen LogP contribution in [0.4, 0.5) is 0 Å². The van der Waals surface area contributed by atoms with E-state index < -0.39 is 0 Å². The van der Waals surface area contributed by atoms with Gasteiger partial charge in [-0.3, -0.25) is 9.59 Å². The quantitative estimate of drug-likeness (QED) is 0.819. The van der Waals surface area contributed by atoms with Crippen LogP contribution in [0, 0.1) is 5.92 Å². The first kappa shape index (κ1) is 15.3. The molecular weight excluding hydrogens is 290 g/mol. The molecule has 0 saturated carbocycles. The van der Waals surface area contributed by atoms with Crippen LogP contribution in [0.15, 0.2) is 54.6 Å². The second-order valence-electron chi connectivity index (χ2n) is 5.70. The van der Waals surface area contributed by atoms with E-state index in [1.807, 2.05) is 54.6 Å². The zero-order chi connectivity index (χ0) is 16.2. The van der Waals surface area contributed by atoms with Crippen LogP contribution in [-0.2, 0) is 9.53 Å². The van der Waals surface area contributed by atoms with Gasteiger partial charge in [0.05, 0.1) is 13.0 Å². The monoisotopic (exact) mass is 309 g/mol. The zero-order valence-corrected chi connectivity index (χ0v) is 13.1. The third-order valence-electron chi connectivity index (χ3n) is 4.25. The molecule has 0 radical (unpaired) electrons. The van der Waals surface area contributed by atoms with Gasteiger partial charge in [-0.2, -0.15) is 0 Å². The maximum Gasteiger partial charge on any atom is 0.310 e. The Morgan fingerprint density at radius 2 is 1.65 bits per heavy atom. The van der Waals surface area contributed by atoms with Crippen molar-refractivity contribution >= 4 is 11.9 Å². The molecule has 2 aromatic rings. The lowest BCUT2D eigenvalue weighted by Gasteiger charge is -2.16. The van der Waals surface area contributed by atoms with Crippen molar-refractivity contribution < 1.29 is 14.3 Å². The number of hydrogen-bond acceptors (Lipinski definition) is 3. The first-order valence-electron chi connectivity index (χ1n) is 7.71. The standard InChI is InChI=1S/C19H19NO3/c1-23-19(22)17-11-12-20(13-17)18(21)16-9-7-15(8-10-16)14-5-3-2-4-6-14/h2-10,17H,11-13H2,1H3. The number of nitrogens with zero attached hydrogens (tertiary/aromatic N) is 1. The predicted octanol–water partition coefficient (Wildman–Crippen LogP) is 2.99. The molecule has 1 fully saturated rings. The van der Waals surface area contributed by atoms with E-state index in [-0.39, 0.29) is 17.8 Å². The van der Waals surface area contributed by atoms with Crippen LogP contribution in [-0.4, -0.2) is 37.0 Å². The fourth-order valence-corrected chi connectivity index (χ4v) is 2.92. The average Bonchev–Trinajstić information content (AvgIpc) is 3.11. The van der Waals surface area contributed by atoms with Gasteiger partial charge in [-0.1, -0.05) is 42.5 Å². The smallest absolute Gasteiger partial charge is 0.310 e. The molecule has 118 valence electrons. The fraction of sp³-hybridized carbons (Fsp3) is 0.263. The van der Waals surface area contributed by atoms with Crippen LogP contribution >= 0.6 is 0 Å². The van der Waals surface area contributed by atoms with Crippen molar-refractivity contribution in [2.45, 2.75) is 6.42 Å². The number of hydrogen-bond donors (Lipinski definition) is 0. The number of amides is 1. The zero-order valence-electron chi connectivity index (χ0n) is 13.1. The summed E-state index contributed by atoms with van der Waals surface area (Å²) in [4.78, 5) is 25.8. The number of likely N-dealkylation sites (tertiary alicyclic amines) is 1. The van der Waals surface area contributed by atoms with Gasteiger partial charge in [0.2, 0.25) is 0 Å². The van der Waals surface area contributed by atoms with Gasteiger partial charge in [-0.25, -0.2) is 0 Å². The molecule has 0 aliphatic carbocycles. The van der Waals surface area contributed by atoms with Gasteiger partial charge in [-0.15, -0.1) is 0 Å². The number of benzene rings is 2. The van der Waals surface area contributed by atoms with Crippen LogP contribution in [0.25, 0.3) is 11.1 Å². The highest BCUT2D eigenvalue weighted by atomic mass is 16.5. The number of rotatable bonds is 3. The van der Waals surface area contributed by atoms with Crippen LogP contribution < -0.4 is 0 Å². The Kier molecular flexibility index (Phi) is 4.42. The van der Waals surface area contributed by atoms with Gasteiger partial charge in [0.15, 0.2) is 0 Å². The van der Waals surface area contributed by atoms with Crippen molar-refractivity contribution in [3.05, 3.63) is 60.2 Å². The summed E-state index contributed by atoms with van der Waals surface area (Å²) in [6, 6.07) is 17.6. The van der Waals surface area contributed by atoms with Crippen LogP contribution in [0.1, 0.15) is 16.8 Å². The summed E-state index contributed by atoms with van der Waals surface area (Å²) < 4.78 is 4.76. The average molecular weight is 309 g/mol. The molecule has 1 unspecified atom stereocenters. The highest BCUT2D eigenvalue weighted by Crippen LogP contribution is 2.22. The maximum absolute atomic E-state index is 12.5. The Bertz CT molecular complexity index is 694. The van der Waals surface area contributed by atoms with E-state index in [1.165, 1.54) is 7.11 Å². The number of carbonyl (C=O) groups is 2. The fourth-order valence-electron chi connectivity index (χ4n) is 2.92. The Morgan fingerprint density at radius 3 is 2.30 bits per heavy atom. The molecule has 2 aromatic carbocycles. The third kappa shape index (κ3) is 3.26. The molecule has 1 atom stereocenters. The largest absolute Gasteiger partial charge is 0.469 e. The molecule has 1 aliphatic heterocycles. The molecule has 0 N–H and O–H groups in total. The van der Waals surface area contributed by atoms with Crippen molar-refractivity contribution in [1.82, 2.24) is 4.90 Å². The summed E-state index contributed by atoms with van der Waals surface area (Å²) in [5.41, 5.74) is 2.85. The minimum absolute atomic E-state index is 0.0315. The highest BCUT2D eigenvalue weighted by molar-refractivity contribution is 5.95. The summed E-state index contributed by atoms with van der Waals surface area (Å²) in [6.07, 6.45) is 0.667. The SMILES string of the molecule is COC(=O)C1CCN(C(=O)c2ccc(-c3ccccc3)cc2)C1.